The molecule has 0 aliphatic heterocycles. The highest BCUT2D eigenvalue weighted by Gasteiger charge is 2.32. The largest absolute Gasteiger partial charge is 0.573 e. The van der Waals surface area contributed by atoms with Crippen LogP contribution in [0.1, 0.15) is 95.5 Å². The summed E-state index contributed by atoms with van der Waals surface area (Å²) in [5.41, 5.74) is 1.16. The molecule has 0 N–H and O–H groups in total. The van der Waals surface area contributed by atoms with Crippen LogP contribution in [0, 0.1) is 17.8 Å². The second kappa shape index (κ2) is 10.0. The second-order valence-electron chi connectivity index (χ2n) is 9.01. The summed E-state index contributed by atoms with van der Waals surface area (Å²) in [4.78, 5) is 0. The van der Waals surface area contributed by atoms with Crippen molar-refractivity contribution in [3.8, 4) is 5.75 Å². The van der Waals surface area contributed by atoms with Crippen molar-refractivity contribution in [2.45, 2.75) is 96.3 Å². The fourth-order valence-corrected chi connectivity index (χ4v) is 5.50. The van der Waals surface area contributed by atoms with Crippen LogP contribution in [0.2, 0.25) is 0 Å². The highest BCUT2D eigenvalue weighted by atomic mass is 19.4. The van der Waals surface area contributed by atoms with E-state index in [1.807, 2.05) is 12.1 Å². The maximum Gasteiger partial charge on any atom is 0.573 e. The molecule has 158 valence electrons. The van der Waals surface area contributed by atoms with Gasteiger partial charge in [-0.1, -0.05) is 57.6 Å². The Morgan fingerprint density at radius 3 is 1.93 bits per heavy atom. The van der Waals surface area contributed by atoms with Crippen LogP contribution in [0.5, 0.6) is 5.75 Å². The van der Waals surface area contributed by atoms with Crippen molar-refractivity contribution in [2.24, 2.45) is 17.8 Å². The van der Waals surface area contributed by atoms with E-state index in [0.717, 1.165) is 23.3 Å². The lowest BCUT2D eigenvalue weighted by Gasteiger charge is -2.38. The van der Waals surface area contributed by atoms with Crippen molar-refractivity contribution in [3.05, 3.63) is 29.8 Å². The number of alkyl halides is 3. The number of halogens is 3. The first kappa shape index (κ1) is 21.5. The van der Waals surface area contributed by atoms with Crippen LogP contribution in [0.4, 0.5) is 13.2 Å². The molecule has 3 rings (SSSR count). The van der Waals surface area contributed by atoms with E-state index in [0.29, 0.717) is 5.92 Å². The zero-order valence-electron chi connectivity index (χ0n) is 17.1. The van der Waals surface area contributed by atoms with Crippen molar-refractivity contribution >= 4 is 0 Å². The number of benzene rings is 1. The van der Waals surface area contributed by atoms with E-state index < -0.39 is 6.36 Å². The van der Waals surface area contributed by atoms with Crippen LogP contribution < -0.4 is 4.74 Å². The molecule has 0 bridgehead atoms. The summed E-state index contributed by atoms with van der Waals surface area (Å²) in [6.07, 6.45) is 11.5. The summed E-state index contributed by atoms with van der Waals surface area (Å²) in [7, 11) is 0. The molecule has 1 aromatic carbocycles. The number of ether oxygens (including phenoxy) is 1. The van der Waals surface area contributed by atoms with Gasteiger partial charge in [0.05, 0.1) is 0 Å². The van der Waals surface area contributed by atoms with E-state index in [-0.39, 0.29) is 5.75 Å². The number of rotatable bonds is 7. The van der Waals surface area contributed by atoms with Gasteiger partial charge in [-0.05, 0) is 79.9 Å². The molecule has 2 fully saturated rings. The molecule has 0 spiro atoms. The maximum absolute atomic E-state index is 12.3. The fourth-order valence-electron chi connectivity index (χ4n) is 5.50. The Balaban J connectivity index is 1.41. The Morgan fingerprint density at radius 1 is 0.821 bits per heavy atom. The minimum Gasteiger partial charge on any atom is -0.406 e. The predicted molar refractivity (Wildman–Crippen MR) is 107 cm³/mol. The molecule has 0 radical (unpaired) electrons. The topological polar surface area (TPSA) is 9.23 Å². The standard InChI is InChI=1S/C24H35F3O/c1-2-3-4-5-18-6-8-19(9-7-18)20-10-12-21(13-11-20)22-14-16-23(17-15-22)28-24(25,26)27/h14-21H,2-13H2,1H3. The van der Waals surface area contributed by atoms with Crippen LogP contribution >= 0.6 is 0 Å². The first-order chi connectivity index (χ1) is 13.4. The Labute approximate surface area is 168 Å². The van der Waals surface area contributed by atoms with E-state index in [4.69, 9.17) is 0 Å². The highest BCUT2D eigenvalue weighted by molar-refractivity contribution is 5.29. The van der Waals surface area contributed by atoms with Crippen molar-refractivity contribution in [2.75, 3.05) is 0 Å². The van der Waals surface area contributed by atoms with E-state index in [1.54, 1.807) is 0 Å². The third-order valence-corrected chi connectivity index (χ3v) is 7.13. The molecular weight excluding hydrogens is 361 g/mol. The molecular formula is C24H35F3O. The number of unbranched alkanes of at least 4 members (excludes halogenated alkanes) is 2. The Morgan fingerprint density at radius 2 is 1.39 bits per heavy atom. The van der Waals surface area contributed by atoms with Gasteiger partial charge in [-0.25, -0.2) is 0 Å². The van der Waals surface area contributed by atoms with Crippen LogP contribution in [0.25, 0.3) is 0 Å². The van der Waals surface area contributed by atoms with Crippen molar-refractivity contribution < 1.29 is 17.9 Å². The minimum atomic E-state index is -4.62. The van der Waals surface area contributed by atoms with Crippen LogP contribution in [-0.4, -0.2) is 6.36 Å². The van der Waals surface area contributed by atoms with E-state index in [1.165, 1.54) is 89.2 Å². The van der Waals surface area contributed by atoms with Gasteiger partial charge in [0.1, 0.15) is 5.75 Å². The van der Waals surface area contributed by atoms with Gasteiger partial charge in [0.25, 0.3) is 0 Å². The monoisotopic (exact) mass is 396 g/mol. The Bertz CT molecular complexity index is 565. The summed E-state index contributed by atoms with van der Waals surface area (Å²) in [6.45, 7) is 2.28. The van der Waals surface area contributed by atoms with Crippen LogP contribution in [0.15, 0.2) is 24.3 Å². The van der Waals surface area contributed by atoms with Crippen molar-refractivity contribution in [1.82, 2.24) is 0 Å². The van der Waals surface area contributed by atoms with Gasteiger partial charge in [-0.3, -0.25) is 0 Å². The third-order valence-electron chi connectivity index (χ3n) is 7.13. The second-order valence-corrected chi connectivity index (χ2v) is 9.01. The first-order valence-corrected chi connectivity index (χ1v) is 11.3. The van der Waals surface area contributed by atoms with Gasteiger partial charge in [0.2, 0.25) is 0 Å². The normalized spacial score (nSPS) is 28.9. The van der Waals surface area contributed by atoms with E-state index in [9.17, 15) is 13.2 Å². The molecule has 2 aliphatic carbocycles. The van der Waals surface area contributed by atoms with Gasteiger partial charge in [-0.2, -0.15) is 0 Å². The molecule has 0 saturated heterocycles. The third kappa shape index (κ3) is 6.42. The lowest BCUT2D eigenvalue weighted by molar-refractivity contribution is -0.274. The zero-order chi connectivity index (χ0) is 20.0. The van der Waals surface area contributed by atoms with Crippen molar-refractivity contribution in [3.63, 3.8) is 0 Å². The molecule has 28 heavy (non-hydrogen) atoms. The van der Waals surface area contributed by atoms with Crippen LogP contribution in [0.3, 0.4) is 0 Å². The average molecular weight is 397 g/mol. The van der Waals surface area contributed by atoms with E-state index in [2.05, 4.69) is 11.7 Å². The molecule has 0 aromatic heterocycles. The van der Waals surface area contributed by atoms with Crippen LogP contribution in [-0.2, 0) is 0 Å². The number of hydrogen-bond donors (Lipinski definition) is 0. The molecule has 4 heteroatoms. The average Bonchev–Trinajstić information content (AvgIpc) is 2.68. The smallest absolute Gasteiger partial charge is 0.406 e. The zero-order valence-corrected chi connectivity index (χ0v) is 17.1. The maximum atomic E-state index is 12.3. The quantitative estimate of drug-likeness (QED) is 0.422. The van der Waals surface area contributed by atoms with Gasteiger partial charge in [0.15, 0.2) is 0 Å². The first-order valence-electron chi connectivity index (χ1n) is 11.3. The van der Waals surface area contributed by atoms with Crippen molar-refractivity contribution in [1.29, 1.82) is 0 Å². The summed E-state index contributed by atoms with van der Waals surface area (Å²) >= 11 is 0. The van der Waals surface area contributed by atoms with Gasteiger partial charge >= 0.3 is 6.36 Å². The lowest BCUT2D eigenvalue weighted by Crippen LogP contribution is -2.25. The summed E-state index contributed by atoms with van der Waals surface area (Å²) in [5, 5.41) is 0. The summed E-state index contributed by atoms with van der Waals surface area (Å²) in [6, 6.07) is 6.53. The molecule has 0 unspecified atom stereocenters. The predicted octanol–water partition coefficient (Wildman–Crippen LogP) is 8.25. The van der Waals surface area contributed by atoms with Gasteiger partial charge in [0, 0.05) is 0 Å². The highest BCUT2D eigenvalue weighted by Crippen LogP contribution is 2.44. The summed E-state index contributed by atoms with van der Waals surface area (Å²) in [5.74, 6) is 3.10. The van der Waals surface area contributed by atoms with Gasteiger partial charge < -0.3 is 4.74 Å². The molecule has 2 saturated carbocycles. The Kier molecular flexibility index (Phi) is 7.70. The molecule has 2 aliphatic rings. The fraction of sp³-hybridized carbons (Fsp3) is 0.750. The minimum absolute atomic E-state index is 0.124. The molecule has 1 aromatic rings. The molecule has 0 amide bonds. The molecule has 1 nitrogen and oxygen atoms in total. The van der Waals surface area contributed by atoms with Gasteiger partial charge in [-0.15, -0.1) is 13.2 Å². The Hall–Kier alpha value is -1.19. The molecule has 0 heterocycles. The van der Waals surface area contributed by atoms with E-state index >= 15 is 0 Å². The summed E-state index contributed by atoms with van der Waals surface area (Å²) < 4.78 is 40.9. The SMILES string of the molecule is CCCCCC1CCC(C2CCC(c3ccc(OC(F)(F)F)cc3)CC2)CC1. The number of hydrogen-bond acceptors (Lipinski definition) is 1. The molecule has 0 atom stereocenters. The lowest BCUT2D eigenvalue weighted by atomic mass is 9.68.